The molecule has 3 aliphatic heterocycles. The molecule has 12 aromatic rings. The van der Waals surface area contributed by atoms with Crippen LogP contribution < -0.4 is 30.2 Å². The summed E-state index contributed by atoms with van der Waals surface area (Å²) in [6.07, 6.45) is 9.67. The summed E-state index contributed by atoms with van der Waals surface area (Å²) < 4.78 is 62.5. The molecule has 0 bridgehead atoms. The third-order valence-corrected chi connectivity index (χ3v) is 20.1. The maximum absolute atomic E-state index is 13.4. The summed E-state index contributed by atoms with van der Waals surface area (Å²) in [6, 6.07) is 71.0. The molecular weight excluding hydrogens is 1280 g/mol. The second-order valence-electron chi connectivity index (χ2n) is 27.0. The summed E-state index contributed by atoms with van der Waals surface area (Å²) in [5.41, 5.74) is 13.4. The quantitative estimate of drug-likeness (QED) is 0.0533. The summed E-state index contributed by atoms with van der Waals surface area (Å²) >= 11 is 0. The zero-order valence-corrected chi connectivity index (χ0v) is 58.7. The molecule has 0 radical (unpaired) electrons. The van der Waals surface area contributed by atoms with Crippen molar-refractivity contribution in [1.29, 1.82) is 0 Å². The largest absolute Gasteiger partial charge is 0.497 e. The molecular formula is C84H93F3N12O3. The molecule has 9 aromatic carbocycles. The Labute approximate surface area is 596 Å². The van der Waals surface area contributed by atoms with Crippen LogP contribution in [0.5, 0.6) is 17.2 Å². The van der Waals surface area contributed by atoms with Crippen molar-refractivity contribution in [3.05, 3.63) is 269 Å². The van der Waals surface area contributed by atoms with E-state index < -0.39 is 0 Å². The van der Waals surface area contributed by atoms with Gasteiger partial charge in [0.25, 0.3) is 0 Å². The first-order valence-corrected chi connectivity index (χ1v) is 36.0. The molecule has 0 atom stereocenters. The number of fused-ring (bicyclic) bond motifs is 3. The average molecular weight is 1380 g/mol. The highest BCUT2D eigenvalue weighted by molar-refractivity contribution is 5.80. The van der Waals surface area contributed by atoms with Crippen molar-refractivity contribution < 1.29 is 27.4 Å². The lowest BCUT2D eigenvalue weighted by atomic mass is 10.0. The smallest absolute Gasteiger partial charge is 0.204 e. The van der Waals surface area contributed by atoms with E-state index in [1.807, 2.05) is 127 Å². The Morgan fingerprint density at radius 1 is 0.314 bits per heavy atom. The van der Waals surface area contributed by atoms with Crippen LogP contribution in [0.4, 0.5) is 31.0 Å². The number of likely N-dealkylation sites (tertiary alicyclic amines) is 3. The normalized spacial score (nSPS) is 15.0. The van der Waals surface area contributed by atoms with Crippen LogP contribution in [-0.2, 0) is 38.9 Å². The van der Waals surface area contributed by atoms with E-state index in [2.05, 4.69) is 98.9 Å². The van der Waals surface area contributed by atoms with Crippen molar-refractivity contribution in [1.82, 2.24) is 43.4 Å². The van der Waals surface area contributed by atoms with Gasteiger partial charge in [-0.05, 0) is 200 Å². The number of hydrogen-bond donors (Lipinski definition) is 3. The number of rotatable bonds is 24. The second-order valence-corrected chi connectivity index (χ2v) is 27.0. The van der Waals surface area contributed by atoms with Crippen LogP contribution in [-0.4, -0.2) is 142 Å². The van der Waals surface area contributed by atoms with Crippen LogP contribution in [0, 0.1) is 17.5 Å². The van der Waals surface area contributed by atoms with Crippen LogP contribution in [0.15, 0.2) is 218 Å². The lowest BCUT2D eigenvalue weighted by Gasteiger charge is -2.32. The molecule has 528 valence electrons. The fourth-order valence-corrected chi connectivity index (χ4v) is 14.0. The van der Waals surface area contributed by atoms with E-state index in [1.165, 1.54) is 53.1 Å². The second kappa shape index (κ2) is 34.5. The standard InChI is InChI=1S/3C28H31FN4O/c3*1-34-25-12-8-21(9-13-25)14-17-32-18-15-24(16-19-32)30-28-31-26-4-2-3-5-27(26)33(28)20-22-6-10-23(29)11-7-22/h3*2-13,24H,14-20H2,1H3,(H,30,31). The third kappa shape index (κ3) is 18.9. The minimum atomic E-state index is -0.212. The third-order valence-electron chi connectivity index (χ3n) is 20.1. The first-order chi connectivity index (χ1) is 50.0. The Bertz CT molecular complexity index is 4100. The molecule has 0 spiro atoms. The van der Waals surface area contributed by atoms with Gasteiger partial charge in [-0.25, -0.2) is 28.1 Å². The van der Waals surface area contributed by atoms with E-state index in [-0.39, 0.29) is 17.5 Å². The Morgan fingerprint density at radius 3 is 0.794 bits per heavy atom. The number of nitrogens with one attached hydrogen (secondary N) is 3. The molecule has 0 saturated carbocycles. The molecule has 0 amide bonds. The molecule has 102 heavy (non-hydrogen) atoms. The molecule has 0 unspecified atom stereocenters. The minimum absolute atomic E-state index is 0.212. The lowest BCUT2D eigenvalue weighted by molar-refractivity contribution is 0.221. The molecule has 3 N–H and O–H groups in total. The molecule has 3 saturated heterocycles. The fraction of sp³-hybridized carbons (Fsp3) is 0.321. The number of ether oxygens (including phenoxy) is 3. The number of halogens is 3. The van der Waals surface area contributed by atoms with Crippen LogP contribution in [0.2, 0.25) is 0 Å². The predicted molar refractivity (Wildman–Crippen MR) is 405 cm³/mol. The minimum Gasteiger partial charge on any atom is -0.497 e. The topological polar surface area (TPSA) is 127 Å². The van der Waals surface area contributed by atoms with Gasteiger partial charge in [0.05, 0.1) is 74.1 Å². The first kappa shape index (κ1) is 70.3. The fourth-order valence-electron chi connectivity index (χ4n) is 14.0. The number of para-hydroxylation sites is 6. The molecule has 3 aliphatic rings. The summed E-state index contributed by atoms with van der Waals surface area (Å²) in [4.78, 5) is 22.3. The highest BCUT2D eigenvalue weighted by Crippen LogP contribution is 2.29. The van der Waals surface area contributed by atoms with Crippen LogP contribution in [0.25, 0.3) is 33.1 Å². The van der Waals surface area contributed by atoms with Crippen molar-refractivity contribution >= 4 is 50.9 Å². The van der Waals surface area contributed by atoms with Crippen LogP contribution in [0.3, 0.4) is 0 Å². The van der Waals surface area contributed by atoms with Crippen molar-refractivity contribution in [2.75, 3.05) is 96.2 Å². The zero-order chi connectivity index (χ0) is 70.0. The van der Waals surface area contributed by atoms with Gasteiger partial charge in [0, 0.05) is 77.0 Å². The Kier molecular flexibility index (Phi) is 23.8. The highest BCUT2D eigenvalue weighted by atomic mass is 19.1. The zero-order valence-electron chi connectivity index (χ0n) is 58.7. The monoisotopic (exact) mass is 1370 g/mol. The van der Waals surface area contributed by atoms with E-state index in [1.54, 1.807) is 21.3 Å². The van der Waals surface area contributed by atoms with E-state index >= 15 is 0 Å². The summed E-state index contributed by atoms with van der Waals surface area (Å²) in [7, 11) is 5.10. The van der Waals surface area contributed by atoms with Gasteiger partial charge in [0.1, 0.15) is 34.7 Å². The first-order valence-electron chi connectivity index (χ1n) is 36.0. The van der Waals surface area contributed by atoms with E-state index in [0.717, 1.165) is 202 Å². The average Bonchev–Trinajstić information content (AvgIpc) is 1.66. The van der Waals surface area contributed by atoms with E-state index in [9.17, 15) is 13.2 Å². The van der Waals surface area contributed by atoms with E-state index in [0.29, 0.717) is 37.8 Å². The molecule has 3 aromatic heterocycles. The Balaban J connectivity index is 0.000000137. The maximum Gasteiger partial charge on any atom is 0.204 e. The maximum atomic E-state index is 13.4. The predicted octanol–water partition coefficient (Wildman–Crippen LogP) is 16.1. The Hall–Kier alpha value is -10.1. The van der Waals surface area contributed by atoms with Gasteiger partial charge in [0.2, 0.25) is 17.8 Å². The molecule has 0 aliphatic carbocycles. The molecule has 15 nitrogen and oxygen atoms in total. The van der Waals surface area contributed by atoms with Gasteiger partial charge in [-0.1, -0.05) is 109 Å². The Morgan fingerprint density at radius 2 is 0.549 bits per heavy atom. The lowest BCUT2D eigenvalue weighted by Crippen LogP contribution is -2.40. The number of nitrogens with zero attached hydrogens (tertiary/aromatic N) is 9. The number of imidazole rings is 3. The van der Waals surface area contributed by atoms with Crippen molar-refractivity contribution in [3.63, 3.8) is 0 Å². The molecule has 18 heteroatoms. The SMILES string of the molecule is COc1ccc(CCN2CCC(Nc3nc4ccccc4n3Cc3ccc(F)cc3)CC2)cc1.COc1ccc(CCN2CCC(Nc3nc4ccccc4n3Cc3ccc(F)cc3)CC2)cc1.COc1ccc(CCN2CCC(Nc3nc4ccccc4n3Cc3ccc(F)cc3)CC2)cc1. The summed E-state index contributed by atoms with van der Waals surface area (Å²) in [5.74, 6) is 4.75. The number of aromatic nitrogens is 6. The van der Waals surface area contributed by atoms with Gasteiger partial charge in [0.15, 0.2) is 0 Å². The van der Waals surface area contributed by atoms with Gasteiger partial charge in [-0.2, -0.15) is 0 Å². The van der Waals surface area contributed by atoms with Crippen molar-refractivity contribution in [2.24, 2.45) is 0 Å². The summed E-state index contributed by atoms with van der Waals surface area (Å²) in [5, 5.41) is 11.1. The van der Waals surface area contributed by atoms with Gasteiger partial charge in [-0.15, -0.1) is 0 Å². The van der Waals surface area contributed by atoms with Crippen molar-refractivity contribution in [2.45, 2.75) is 95.5 Å². The molecule has 15 rings (SSSR count). The number of piperidine rings is 3. The van der Waals surface area contributed by atoms with Gasteiger partial charge in [-0.3, -0.25) is 0 Å². The number of anilines is 3. The van der Waals surface area contributed by atoms with Crippen molar-refractivity contribution in [3.8, 4) is 17.2 Å². The number of methoxy groups -OCH3 is 3. The van der Waals surface area contributed by atoms with E-state index in [4.69, 9.17) is 29.2 Å². The highest BCUT2D eigenvalue weighted by Gasteiger charge is 2.25. The van der Waals surface area contributed by atoms with Gasteiger partial charge < -0.3 is 58.6 Å². The number of benzene rings is 9. The van der Waals surface area contributed by atoms with Crippen LogP contribution >= 0.6 is 0 Å². The molecule has 6 heterocycles. The van der Waals surface area contributed by atoms with Gasteiger partial charge >= 0.3 is 0 Å². The summed E-state index contributed by atoms with van der Waals surface area (Å²) in [6.45, 7) is 11.6. The number of hydrogen-bond acceptors (Lipinski definition) is 12. The van der Waals surface area contributed by atoms with Crippen LogP contribution in [0.1, 0.15) is 71.9 Å². The molecule has 3 fully saturated rings.